The van der Waals surface area contributed by atoms with Crippen LogP contribution in [0.15, 0.2) is 17.3 Å². The number of nitrogens with zero attached hydrogens (tertiary/aromatic N) is 1. The van der Waals surface area contributed by atoms with E-state index in [-0.39, 0.29) is 11.4 Å². The quantitative estimate of drug-likeness (QED) is 0.323. The molecule has 0 aromatic heterocycles. The average molecular weight is 237 g/mol. The lowest BCUT2D eigenvalue weighted by molar-refractivity contribution is -0.140. The highest BCUT2D eigenvalue weighted by Gasteiger charge is 2.14. The Balaban J connectivity index is 2.43. The van der Waals surface area contributed by atoms with Gasteiger partial charge in [0, 0.05) is 12.3 Å². The van der Waals surface area contributed by atoms with Gasteiger partial charge in [0.15, 0.2) is 0 Å². The van der Waals surface area contributed by atoms with E-state index < -0.39 is 0 Å². The van der Waals surface area contributed by atoms with E-state index in [0.717, 1.165) is 0 Å². The fraction of sp³-hybridized carbons (Fsp3) is 0.714. The second-order valence-electron chi connectivity index (χ2n) is 5.40. The first-order valence-electron chi connectivity index (χ1n) is 6.41. The SMILES string of the molecule is CC(=O)O/N=C/C(C)(C)/C=C/C1CCCCC1. The number of rotatable bonds is 4. The smallest absolute Gasteiger partial charge is 0.319 e. The summed E-state index contributed by atoms with van der Waals surface area (Å²) < 4.78 is 0. The highest BCUT2D eigenvalue weighted by Crippen LogP contribution is 2.26. The van der Waals surface area contributed by atoms with E-state index in [1.807, 2.05) is 0 Å². The molecule has 0 unspecified atom stereocenters. The number of hydrogen-bond donors (Lipinski definition) is 0. The number of hydrogen-bond acceptors (Lipinski definition) is 3. The molecule has 0 spiro atoms. The van der Waals surface area contributed by atoms with E-state index in [1.54, 1.807) is 6.21 Å². The summed E-state index contributed by atoms with van der Waals surface area (Å²) >= 11 is 0. The minimum absolute atomic E-state index is 0.160. The van der Waals surface area contributed by atoms with Crippen molar-refractivity contribution in [3.63, 3.8) is 0 Å². The Morgan fingerprint density at radius 1 is 1.29 bits per heavy atom. The summed E-state index contributed by atoms with van der Waals surface area (Å²) in [6.45, 7) is 5.46. The third-order valence-corrected chi connectivity index (χ3v) is 3.01. The molecular weight excluding hydrogens is 214 g/mol. The Morgan fingerprint density at radius 3 is 2.53 bits per heavy atom. The molecule has 1 fully saturated rings. The van der Waals surface area contributed by atoms with Gasteiger partial charge >= 0.3 is 5.97 Å². The van der Waals surface area contributed by atoms with E-state index >= 15 is 0 Å². The molecule has 0 aromatic carbocycles. The molecule has 3 nitrogen and oxygen atoms in total. The fourth-order valence-corrected chi connectivity index (χ4v) is 1.99. The Labute approximate surface area is 104 Å². The van der Waals surface area contributed by atoms with Crippen molar-refractivity contribution in [3.8, 4) is 0 Å². The van der Waals surface area contributed by atoms with Gasteiger partial charge < -0.3 is 4.84 Å². The molecule has 1 rings (SSSR count). The van der Waals surface area contributed by atoms with E-state index in [9.17, 15) is 4.79 Å². The van der Waals surface area contributed by atoms with Gasteiger partial charge in [-0.25, -0.2) is 4.79 Å². The molecule has 0 radical (unpaired) electrons. The van der Waals surface area contributed by atoms with Gasteiger partial charge in [-0.1, -0.05) is 50.4 Å². The summed E-state index contributed by atoms with van der Waals surface area (Å²) in [5.41, 5.74) is -0.160. The molecule has 0 heterocycles. The summed E-state index contributed by atoms with van der Waals surface area (Å²) in [5, 5.41) is 3.68. The second-order valence-corrected chi connectivity index (χ2v) is 5.40. The van der Waals surface area contributed by atoms with Gasteiger partial charge in [0.05, 0.1) is 6.21 Å². The van der Waals surface area contributed by atoms with E-state index in [1.165, 1.54) is 39.0 Å². The van der Waals surface area contributed by atoms with E-state index in [4.69, 9.17) is 0 Å². The predicted molar refractivity (Wildman–Crippen MR) is 69.8 cm³/mol. The number of carbonyl (C=O) groups excluding carboxylic acids is 1. The van der Waals surface area contributed by atoms with Crippen LogP contribution in [0.25, 0.3) is 0 Å². The summed E-state index contributed by atoms with van der Waals surface area (Å²) in [7, 11) is 0. The highest BCUT2D eigenvalue weighted by molar-refractivity contribution is 5.70. The maximum Gasteiger partial charge on any atom is 0.331 e. The monoisotopic (exact) mass is 237 g/mol. The lowest BCUT2D eigenvalue weighted by atomic mass is 9.86. The molecule has 96 valence electrons. The van der Waals surface area contributed by atoms with Crippen molar-refractivity contribution in [2.45, 2.75) is 52.9 Å². The maximum absolute atomic E-state index is 10.6. The van der Waals surface area contributed by atoms with Crippen LogP contribution < -0.4 is 0 Å². The van der Waals surface area contributed by atoms with Gasteiger partial charge in [0.1, 0.15) is 0 Å². The van der Waals surface area contributed by atoms with Gasteiger partial charge in [0.2, 0.25) is 0 Å². The molecule has 0 N–H and O–H groups in total. The number of allylic oxidation sites excluding steroid dienone is 2. The molecule has 0 saturated heterocycles. The zero-order valence-corrected chi connectivity index (χ0v) is 11.1. The standard InChI is InChI=1S/C14H23NO2/c1-12(16)17-15-11-14(2,3)10-9-13-7-5-4-6-8-13/h9-11,13H,4-8H2,1-3H3/b10-9+,15-11+. The predicted octanol–water partition coefficient (Wildman–Crippen LogP) is 3.70. The van der Waals surface area contributed by atoms with Crippen molar-refractivity contribution in [2.24, 2.45) is 16.5 Å². The molecule has 17 heavy (non-hydrogen) atoms. The normalized spacial score (nSPS) is 19.0. The zero-order chi connectivity index (χ0) is 12.7. The van der Waals surface area contributed by atoms with E-state index in [0.29, 0.717) is 5.92 Å². The van der Waals surface area contributed by atoms with Crippen molar-refractivity contribution in [1.82, 2.24) is 0 Å². The molecule has 0 aliphatic heterocycles. The topological polar surface area (TPSA) is 38.7 Å². The Morgan fingerprint density at radius 2 is 1.94 bits per heavy atom. The Bertz CT molecular complexity index is 299. The van der Waals surface area contributed by atoms with Gasteiger partial charge in [-0.3, -0.25) is 0 Å². The van der Waals surface area contributed by atoms with Crippen LogP contribution in [-0.4, -0.2) is 12.2 Å². The minimum atomic E-state index is -0.381. The van der Waals surface area contributed by atoms with Crippen molar-refractivity contribution >= 4 is 12.2 Å². The van der Waals surface area contributed by atoms with Crippen molar-refractivity contribution < 1.29 is 9.63 Å². The minimum Gasteiger partial charge on any atom is -0.319 e. The van der Waals surface area contributed by atoms with Crippen LogP contribution in [0.3, 0.4) is 0 Å². The van der Waals surface area contributed by atoms with Crippen LogP contribution in [0.1, 0.15) is 52.9 Å². The lowest BCUT2D eigenvalue weighted by Gasteiger charge is -2.20. The first-order valence-corrected chi connectivity index (χ1v) is 6.41. The summed E-state index contributed by atoms with van der Waals surface area (Å²) in [4.78, 5) is 15.1. The van der Waals surface area contributed by atoms with Crippen molar-refractivity contribution in [3.05, 3.63) is 12.2 Å². The summed E-state index contributed by atoms with van der Waals surface area (Å²) in [6.07, 6.45) is 12.8. The fourth-order valence-electron chi connectivity index (χ4n) is 1.99. The van der Waals surface area contributed by atoms with Gasteiger partial charge in [-0.2, -0.15) is 0 Å². The molecule has 1 aliphatic rings. The number of carbonyl (C=O) groups is 1. The summed E-state index contributed by atoms with van der Waals surface area (Å²) in [6, 6.07) is 0. The third-order valence-electron chi connectivity index (χ3n) is 3.01. The van der Waals surface area contributed by atoms with Crippen LogP contribution >= 0.6 is 0 Å². The molecule has 0 atom stereocenters. The third kappa shape index (κ3) is 6.25. The van der Waals surface area contributed by atoms with Gasteiger partial charge in [0.25, 0.3) is 0 Å². The second kappa shape index (κ2) is 6.58. The van der Waals surface area contributed by atoms with Gasteiger partial charge in [-0.15, -0.1) is 0 Å². The molecular formula is C14H23NO2. The van der Waals surface area contributed by atoms with Crippen LogP contribution in [0.4, 0.5) is 0 Å². The van der Waals surface area contributed by atoms with Crippen molar-refractivity contribution in [1.29, 1.82) is 0 Å². The Kier molecular flexibility index (Phi) is 5.39. The maximum atomic E-state index is 10.6. The molecule has 1 saturated carbocycles. The van der Waals surface area contributed by atoms with Crippen LogP contribution in [0.5, 0.6) is 0 Å². The zero-order valence-electron chi connectivity index (χ0n) is 11.1. The molecule has 3 heteroatoms. The van der Waals surface area contributed by atoms with Gasteiger partial charge in [-0.05, 0) is 18.8 Å². The highest BCUT2D eigenvalue weighted by atomic mass is 16.7. The largest absolute Gasteiger partial charge is 0.331 e. The molecule has 1 aliphatic carbocycles. The van der Waals surface area contributed by atoms with E-state index in [2.05, 4.69) is 36.0 Å². The molecule has 0 amide bonds. The lowest BCUT2D eigenvalue weighted by Crippen LogP contribution is -2.11. The average Bonchev–Trinajstić information content (AvgIpc) is 2.27. The van der Waals surface area contributed by atoms with Crippen LogP contribution in [0.2, 0.25) is 0 Å². The summed E-state index contributed by atoms with van der Waals surface area (Å²) in [5.74, 6) is 0.332. The van der Waals surface area contributed by atoms with Crippen LogP contribution in [-0.2, 0) is 9.63 Å². The Hall–Kier alpha value is -1.12. The first kappa shape index (κ1) is 13.9. The molecule has 0 aromatic rings. The van der Waals surface area contributed by atoms with Crippen molar-refractivity contribution in [2.75, 3.05) is 0 Å². The molecule has 0 bridgehead atoms. The van der Waals surface area contributed by atoms with Crippen LogP contribution in [0, 0.1) is 11.3 Å². The number of oxime groups is 1. The first-order chi connectivity index (χ1) is 7.99.